The van der Waals surface area contributed by atoms with E-state index >= 15 is 0 Å². The number of benzene rings is 1. The molecule has 0 saturated carbocycles. The molecule has 4 rings (SSSR count). The van der Waals surface area contributed by atoms with E-state index in [9.17, 15) is 9.18 Å². The quantitative estimate of drug-likeness (QED) is 0.769. The Morgan fingerprint density at radius 1 is 1.22 bits per heavy atom. The van der Waals surface area contributed by atoms with Crippen LogP contribution in [-0.2, 0) is 0 Å². The predicted octanol–water partition coefficient (Wildman–Crippen LogP) is 2.60. The van der Waals surface area contributed by atoms with Crippen molar-refractivity contribution >= 4 is 17.4 Å². The molecule has 1 saturated heterocycles. The summed E-state index contributed by atoms with van der Waals surface area (Å²) in [5.74, 6) is 0.312. The zero-order valence-corrected chi connectivity index (χ0v) is 15.3. The number of halogens is 1. The summed E-state index contributed by atoms with van der Waals surface area (Å²) >= 11 is 0. The molecule has 1 atom stereocenters. The number of amides is 1. The lowest BCUT2D eigenvalue weighted by Gasteiger charge is -2.33. The second-order valence-corrected chi connectivity index (χ2v) is 6.94. The van der Waals surface area contributed by atoms with Crippen molar-refractivity contribution < 1.29 is 9.18 Å². The number of fused-ring (bicyclic) bond motifs is 1. The summed E-state index contributed by atoms with van der Waals surface area (Å²) in [4.78, 5) is 19.2. The molecule has 1 aliphatic heterocycles. The van der Waals surface area contributed by atoms with E-state index in [0.29, 0.717) is 18.9 Å². The van der Waals surface area contributed by atoms with Crippen LogP contribution in [0.2, 0.25) is 0 Å². The number of hydrogen-bond acceptors (Lipinski definition) is 5. The Morgan fingerprint density at radius 2 is 2.00 bits per heavy atom. The molecule has 7 nitrogen and oxygen atoms in total. The van der Waals surface area contributed by atoms with Crippen LogP contribution in [0.1, 0.15) is 34.8 Å². The molecule has 0 bridgehead atoms. The smallest absolute Gasteiger partial charge is 0.292 e. The second kappa shape index (κ2) is 6.94. The van der Waals surface area contributed by atoms with Crippen molar-refractivity contribution in [3.63, 3.8) is 0 Å². The van der Waals surface area contributed by atoms with Crippen LogP contribution in [0, 0.1) is 19.7 Å². The van der Waals surface area contributed by atoms with Crippen molar-refractivity contribution in [3.05, 3.63) is 53.4 Å². The molecule has 1 amide bonds. The van der Waals surface area contributed by atoms with E-state index in [-0.39, 0.29) is 23.6 Å². The van der Waals surface area contributed by atoms with Crippen molar-refractivity contribution in [3.8, 4) is 0 Å². The average Bonchev–Trinajstić information content (AvgIpc) is 3.07. The maximum absolute atomic E-state index is 13.1. The van der Waals surface area contributed by atoms with Gasteiger partial charge in [0.25, 0.3) is 11.7 Å². The molecule has 3 aromatic rings. The number of carbonyl (C=O) groups excluding carboxylic acids is 1. The summed E-state index contributed by atoms with van der Waals surface area (Å²) in [5.41, 5.74) is 2.57. The minimum Gasteiger partial charge on any atom is -0.381 e. The summed E-state index contributed by atoms with van der Waals surface area (Å²) in [6.45, 7) is 5.04. The molecule has 2 aromatic heterocycles. The summed E-state index contributed by atoms with van der Waals surface area (Å²) in [6.07, 6.45) is 1.83. The minimum atomic E-state index is -0.265. The van der Waals surface area contributed by atoms with Crippen LogP contribution in [0.25, 0.3) is 5.78 Å². The van der Waals surface area contributed by atoms with Crippen molar-refractivity contribution in [2.24, 2.45) is 0 Å². The molecule has 0 radical (unpaired) electrons. The average molecular weight is 368 g/mol. The van der Waals surface area contributed by atoms with Gasteiger partial charge in [-0.2, -0.15) is 0 Å². The lowest BCUT2D eigenvalue weighted by atomic mass is 10.1. The zero-order chi connectivity index (χ0) is 19.0. The highest BCUT2D eigenvalue weighted by atomic mass is 19.1. The fraction of sp³-hybridized carbons (Fsp3) is 0.368. The van der Waals surface area contributed by atoms with Crippen LogP contribution in [0.15, 0.2) is 30.3 Å². The van der Waals surface area contributed by atoms with E-state index in [1.165, 1.54) is 12.1 Å². The lowest BCUT2D eigenvalue weighted by Crippen LogP contribution is -2.45. The number of rotatable bonds is 3. The summed E-state index contributed by atoms with van der Waals surface area (Å²) < 4.78 is 14.8. The molecule has 27 heavy (non-hydrogen) atoms. The first-order chi connectivity index (χ1) is 13.0. The molecule has 0 aliphatic carbocycles. The number of aromatic nitrogens is 4. The Labute approximate surface area is 156 Å². The number of carbonyl (C=O) groups is 1. The van der Waals surface area contributed by atoms with E-state index in [2.05, 4.69) is 20.5 Å². The van der Waals surface area contributed by atoms with E-state index in [1.54, 1.807) is 21.4 Å². The normalized spacial score (nSPS) is 17.3. The van der Waals surface area contributed by atoms with Gasteiger partial charge in [0.05, 0.1) is 0 Å². The van der Waals surface area contributed by atoms with Gasteiger partial charge in [-0.3, -0.25) is 9.20 Å². The van der Waals surface area contributed by atoms with Gasteiger partial charge in [0.2, 0.25) is 5.82 Å². The molecule has 140 valence electrons. The maximum atomic E-state index is 13.1. The number of aryl methyl sites for hydroxylation is 2. The van der Waals surface area contributed by atoms with E-state index in [1.807, 2.05) is 19.9 Å². The van der Waals surface area contributed by atoms with Crippen LogP contribution in [0.4, 0.5) is 10.1 Å². The van der Waals surface area contributed by atoms with Gasteiger partial charge >= 0.3 is 0 Å². The van der Waals surface area contributed by atoms with Crippen LogP contribution in [0.5, 0.6) is 0 Å². The van der Waals surface area contributed by atoms with Crippen LogP contribution < -0.4 is 5.32 Å². The molecule has 3 heterocycles. The second-order valence-electron chi connectivity index (χ2n) is 6.94. The molecule has 1 aliphatic rings. The third-order valence-corrected chi connectivity index (χ3v) is 4.81. The summed E-state index contributed by atoms with van der Waals surface area (Å²) in [7, 11) is 0. The van der Waals surface area contributed by atoms with Crippen LogP contribution in [-0.4, -0.2) is 49.5 Å². The molecular formula is C19H21FN6O. The molecule has 1 N–H and O–H groups in total. The fourth-order valence-electron chi connectivity index (χ4n) is 3.57. The van der Waals surface area contributed by atoms with E-state index in [4.69, 9.17) is 0 Å². The Hall–Kier alpha value is -3.03. The third kappa shape index (κ3) is 3.47. The molecule has 1 fully saturated rings. The highest BCUT2D eigenvalue weighted by Crippen LogP contribution is 2.19. The van der Waals surface area contributed by atoms with Gasteiger partial charge in [-0.15, -0.1) is 10.2 Å². The van der Waals surface area contributed by atoms with Crippen LogP contribution >= 0.6 is 0 Å². The number of piperidine rings is 1. The summed E-state index contributed by atoms with van der Waals surface area (Å²) in [6, 6.07) is 8.28. The van der Waals surface area contributed by atoms with Crippen molar-refractivity contribution in [1.29, 1.82) is 0 Å². The molecule has 0 unspecified atom stereocenters. The number of likely N-dealkylation sites (tertiary alicyclic amines) is 1. The SMILES string of the molecule is Cc1cc(C)n2c(C(=O)N3CCC[C@H](Nc4ccc(F)cc4)C3)nnc2n1. The molecule has 0 spiro atoms. The number of nitrogens with zero attached hydrogens (tertiary/aromatic N) is 5. The Kier molecular flexibility index (Phi) is 4.47. The van der Waals surface area contributed by atoms with Gasteiger partial charge in [-0.1, -0.05) is 0 Å². The topological polar surface area (TPSA) is 75.4 Å². The third-order valence-electron chi connectivity index (χ3n) is 4.81. The highest BCUT2D eigenvalue weighted by Gasteiger charge is 2.28. The first-order valence-corrected chi connectivity index (χ1v) is 9.02. The van der Waals surface area contributed by atoms with Gasteiger partial charge in [0, 0.05) is 36.2 Å². The first kappa shape index (κ1) is 17.4. The van der Waals surface area contributed by atoms with Gasteiger partial charge in [-0.25, -0.2) is 9.37 Å². The molecular weight excluding hydrogens is 347 g/mol. The minimum absolute atomic E-state index is 0.105. The van der Waals surface area contributed by atoms with Gasteiger partial charge < -0.3 is 10.2 Å². The van der Waals surface area contributed by atoms with Crippen molar-refractivity contribution in [2.75, 3.05) is 18.4 Å². The summed E-state index contributed by atoms with van der Waals surface area (Å²) in [5, 5.41) is 11.5. The standard InChI is InChI=1S/C19H21FN6O/c1-12-10-13(2)26-17(23-24-19(26)21-12)18(27)25-9-3-4-16(11-25)22-15-7-5-14(20)6-8-15/h5-8,10,16,22H,3-4,9,11H2,1-2H3/t16-/m0/s1. The lowest BCUT2D eigenvalue weighted by molar-refractivity contribution is 0.0700. The maximum Gasteiger partial charge on any atom is 0.292 e. The Morgan fingerprint density at radius 3 is 2.78 bits per heavy atom. The zero-order valence-electron chi connectivity index (χ0n) is 15.3. The van der Waals surface area contributed by atoms with Crippen molar-refractivity contribution in [1.82, 2.24) is 24.5 Å². The van der Waals surface area contributed by atoms with Crippen molar-refractivity contribution in [2.45, 2.75) is 32.7 Å². The first-order valence-electron chi connectivity index (χ1n) is 9.02. The van der Waals surface area contributed by atoms with Gasteiger partial charge in [0.15, 0.2) is 0 Å². The molecule has 1 aromatic carbocycles. The number of hydrogen-bond donors (Lipinski definition) is 1. The highest BCUT2D eigenvalue weighted by molar-refractivity contribution is 5.91. The number of nitrogens with one attached hydrogen (secondary N) is 1. The van der Waals surface area contributed by atoms with Crippen LogP contribution in [0.3, 0.4) is 0 Å². The Balaban J connectivity index is 1.53. The monoisotopic (exact) mass is 368 g/mol. The fourth-order valence-corrected chi connectivity index (χ4v) is 3.57. The molecule has 8 heteroatoms. The van der Waals surface area contributed by atoms with E-state index < -0.39 is 0 Å². The van der Waals surface area contributed by atoms with E-state index in [0.717, 1.165) is 29.9 Å². The number of anilines is 1. The predicted molar refractivity (Wildman–Crippen MR) is 99.2 cm³/mol. The largest absolute Gasteiger partial charge is 0.381 e. The van der Waals surface area contributed by atoms with Gasteiger partial charge in [0.1, 0.15) is 5.82 Å². The Bertz CT molecular complexity index is 984. The van der Waals surface area contributed by atoms with Gasteiger partial charge in [-0.05, 0) is 57.0 Å².